The Labute approximate surface area is 219 Å². The van der Waals surface area contributed by atoms with E-state index < -0.39 is 18.0 Å². The van der Waals surface area contributed by atoms with Crippen LogP contribution in [0.25, 0.3) is 0 Å². The van der Waals surface area contributed by atoms with Crippen molar-refractivity contribution in [1.29, 1.82) is 0 Å². The Kier molecular flexibility index (Phi) is 10.4. The van der Waals surface area contributed by atoms with Crippen LogP contribution in [0.1, 0.15) is 33.2 Å². The molecule has 1 aromatic carbocycles. The minimum absolute atomic E-state index is 0.194. The number of hydrogen-bond donors (Lipinski definition) is 2. The van der Waals surface area contributed by atoms with Crippen LogP contribution in [-0.4, -0.2) is 53.2 Å². The predicted molar refractivity (Wildman–Crippen MR) is 133 cm³/mol. The van der Waals surface area contributed by atoms with E-state index >= 15 is 0 Å². The minimum Gasteiger partial charge on any atom is -0.406 e. The summed E-state index contributed by atoms with van der Waals surface area (Å²) in [7, 11) is 1.54. The van der Waals surface area contributed by atoms with Gasteiger partial charge < -0.3 is 24.7 Å². The van der Waals surface area contributed by atoms with Crippen molar-refractivity contribution in [3.63, 3.8) is 0 Å². The third-order valence-electron chi connectivity index (χ3n) is 5.07. The highest BCUT2D eigenvalue weighted by Crippen LogP contribution is 2.23. The quantitative estimate of drug-likeness (QED) is 0.312. The lowest BCUT2D eigenvalue weighted by Crippen LogP contribution is -2.26. The Balaban J connectivity index is 1.44. The van der Waals surface area contributed by atoms with Crippen LogP contribution in [0, 0.1) is 0 Å². The smallest absolute Gasteiger partial charge is 0.406 e. The molecule has 2 N–H and O–H groups in total. The molecule has 3 aromatic rings. The Morgan fingerprint density at radius 3 is 2.68 bits per heavy atom. The SMILES string of the molecule is COCCNC(=O)c1nnc(CCCCn2ccc(NC(=O)Cc3cccc(OC(F)(F)F)c3)cc2=O)s1. The van der Waals surface area contributed by atoms with Gasteiger partial charge in [-0.25, -0.2) is 0 Å². The van der Waals surface area contributed by atoms with E-state index in [2.05, 4.69) is 25.6 Å². The zero-order chi connectivity index (χ0) is 27.5. The van der Waals surface area contributed by atoms with Crippen LogP contribution in [0.2, 0.25) is 0 Å². The van der Waals surface area contributed by atoms with Gasteiger partial charge in [0.25, 0.3) is 11.5 Å². The van der Waals surface area contributed by atoms with Crippen molar-refractivity contribution < 1.29 is 32.2 Å². The number of pyridine rings is 1. The molecule has 0 atom stereocenters. The number of methoxy groups -OCH3 is 1. The van der Waals surface area contributed by atoms with Gasteiger partial charge in [0.15, 0.2) is 0 Å². The number of carbonyl (C=O) groups excluding carboxylic acids is 2. The summed E-state index contributed by atoms with van der Waals surface area (Å²) in [6, 6.07) is 7.98. The van der Waals surface area contributed by atoms with Gasteiger partial charge in [-0.2, -0.15) is 0 Å². The van der Waals surface area contributed by atoms with Crippen molar-refractivity contribution in [2.24, 2.45) is 0 Å². The maximum absolute atomic E-state index is 12.4. The molecule has 0 aliphatic rings. The molecule has 0 fully saturated rings. The number of carbonyl (C=O) groups is 2. The summed E-state index contributed by atoms with van der Waals surface area (Å²) in [6.45, 7) is 1.24. The molecule has 0 saturated carbocycles. The van der Waals surface area contributed by atoms with Crippen LogP contribution in [0.15, 0.2) is 47.4 Å². The summed E-state index contributed by atoms with van der Waals surface area (Å²) < 4.78 is 47.4. The molecule has 0 radical (unpaired) electrons. The minimum atomic E-state index is -4.82. The molecule has 0 aliphatic heterocycles. The molecule has 2 heterocycles. The molecule has 0 aliphatic carbocycles. The van der Waals surface area contributed by atoms with E-state index in [-0.39, 0.29) is 28.6 Å². The van der Waals surface area contributed by atoms with Crippen LogP contribution in [0.4, 0.5) is 18.9 Å². The van der Waals surface area contributed by atoms with Gasteiger partial charge >= 0.3 is 6.36 Å². The van der Waals surface area contributed by atoms with Crippen LogP contribution >= 0.6 is 11.3 Å². The average molecular weight is 554 g/mol. The average Bonchev–Trinajstić information content (AvgIpc) is 3.31. The van der Waals surface area contributed by atoms with Gasteiger partial charge in [-0.15, -0.1) is 23.4 Å². The maximum atomic E-state index is 12.4. The fraction of sp³-hybridized carbons (Fsp3) is 0.375. The number of anilines is 1. The van der Waals surface area contributed by atoms with Gasteiger partial charge in [-0.3, -0.25) is 14.4 Å². The van der Waals surface area contributed by atoms with Gasteiger partial charge in [-0.1, -0.05) is 23.5 Å². The first-order valence-electron chi connectivity index (χ1n) is 11.6. The van der Waals surface area contributed by atoms with E-state index in [1.54, 1.807) is 19.4 Å². The standard InChI is InChI=1S/C24H26F3N5O5S/c1-36-12-9-28-22(35)23-31-30-20(38-23)7-2-3-10-32-11-8-17(15-21(32)34)29-19(33)14-16-5-4-6-18(13-16)37-24(25,26)27/h4-6,8,11,13,15H,2-3,7,9-10,12,14H2,1H3,(H,28,35)(H,29,33). The zero-order valence-corrected chi connectivity index (χ0v) is 21.2. The fourth-order valence-corrected chi connectivity index (χ4v) is 4.16. The van der Waals surface area contributed by atoms with Crippen molar-refractivity contribution in [3.05, 3.63) is 68.5 Å². The van der Waals surface area contributed by atoms with E-state index in [4.69, 9.17) is 4.74 Å². The number of aryl methyl sites for hydroxylation is 2. The number of alkyl halides is 3. The second-order valence-corrected chi connectivity index (χ2v) is 9.14. The molecule has 3 rings (SSSR count). The van der Waals surface area contributed by atoms with Crippen LogP contribution in [-0.2, 0) is 28.9 Å². The van der Waals surface area contributed by atoms with Crippen molar-refractivity contribution >= 4 is 28.8 Å². The molecular formula is C24H26F3N5O5S. The second-order valence-electron chi connectivity index (χ2n) is 8.07. The van der Waals surface area contributed by atoms with Crippen molar-refractivity contribution in [2.75, 3.05) is 25.6 Å². The molecule has 0 unspecified atom stereocenters. The van der Waals surface area contributed by atoms with E-state index in [0.29, 0.717) is 38.1 Å². The Morgan fingerprint density at radius 2 is 1.95 bits per heavy atom. The summed E-state index contributed by atoms with van der Waals surface area (Å²) in [6.07, 6.45) is -1.45. The molecule has 38 heavy (non-hydrogen) atoms. The monoisotopic (exact) mass is 553 g/mol. The fourth-order valence-electron chi connectivity index (χ4n) is 3.36. The molecule has 0 spiro atoms. The van der Waals surface area contributed by atoms with Gasteiger partial charge in [0.2, 0.25) is 10.9 Å². The first kappa shape index (κ1) is 28.8. The number of nitrogens with one attached hydrogen (secondary N) is 2. The molecule has 14 heteroatoms. The lowest BCUT2D eigenvalue weighted by atomic mass is 10.1. The first-order valence-corrected chi connectivity index (χ1v) is 12.4. The Hall–Kier alpha value is -3.78. The van der Waals surface area contributed by atoms with Crippen molar-refractivity contribution in [1.82, 2.24) is 20.1 Å². The lowest BCUT2D eigenvalue weighted by molar-refractivity contribution is -0.274. The van der Waals surface area contributed by atoms with Crippen LogP contribution in [0.3, 0.4) is 0 Å². The topological polar surface area (TPSA) is 124 Å². The molecule has 0 saturated heterocycles. The normalized spacial score (nSPS) is 11.3. The van der Waals surface area contributed by atoms with E-state index in [1.807, 2.05) is 0 Å². The molecule has 204 valence electrons. The second kappa shape index (κ2) is 13.7. The number of nitrogens with zero attached hydrogens (tertiary/aromatic N) is 3. The summed E-state index contributed by atoms with van der Waals surface area (Å²) in [5.74, 6) is -1.20. The van der Waals surface area contributed by atoms with E-state index in [1.165, 1.54) is 34.1 Å². The first-order chi connectivity index (χ1) is 18.1. The van der Waals surface area contributed by atoms with E-state index in [9.17, 15) is 27.6 Å². The molecule has 0 bridgehead atoms. The number of halogens is 3. The number of benzene rings is 1. The van der Waals surface area contributed by atoms with Gasteiger partial charge in [0.05, 0.1) is 13.0 Å². The highest BCUT2D eigenvalue weighted by Gasteiger charge is 2.31. The van der Waals surface area contributed by atoms with E-state index in [0.717, 1.165) is 23.6 Å². The molecule has 2 aromatic heterocycles. The van der Waals surface area contributed by atoms with Crippen LogP contribution in [0.5, 0.6) is 5.75 Å². The third-order valence-corrected chi connectivity index (χ3v) is 6.05. The summed E-state index contributed by atoms with van der Waals surface area (Å²) >= 11 is 1.22. The summed E-state index contributed by atoms with van der Waals surface area (Å²) in [5.41, 5.74) is 0.297. The van der Waals surface area contributed by atoms with Crippen molar-refractivity contribution in [3.8, 4) is 5.75 Å². The number of unbranched alkanes of at least 4 members (excludes halogenated alkanes) is 1. The predicted octanol–water partition coefficient (Wildman–Crippen LogP) is 3.18. The number of ether oxygens (including phenoxy) is 2. The summed E-state index contributed by atoms with van der Waals surface area (Å²) in [4.78, 5) is 36.7. The Bertz CT molecular complexity index is 1290. The molecular weight excluding hydrogens is 527 g/mol. The van der Waals surface area contributed by atoms with Gasteiger partial charge in [-0.05, 0) is 36.6 Å². The maximum Gasteiger partial charge on any atom is 0.573 e. The summed E-state index contributed by atoms with van der Waals surface area (Å²) in [5, 5.41) is 14.2. The largest absolute Gasteiger partial charge is 0.573 e. The number of amides is 2. The zero-order valence-electron chi connectivity index (χ0n) is 20.4. The molecule has 2 amide bonds. The van der Waals surface area contributed by atoms with Gasteiger partial charge in [0.1, 0.15) is 10.8 Å². The number of hydrogen-bond acceptors (Lipinski definition) is 8. The van der Waals surface area contributed by atoms with Crippen molar-refractivity contribution in [2.45, 2.75) is 38.6 Å². The van der Waals surface area contributed by atoms with Gasteiger partial charge in [0, 0.05) is 44.6 Å². The number of rotatable bonds is 13. The highest BCUT2D eigenvalue weighted by atomic mass is 32.1. The number of aromatic nitrogens is 3. The Morgan fingerprint density at radius 1 is 1.13 bits per heavy atom. The molecule has 10 nitrogen and oxygen atoms in total. The lowest BCUT2D eigenvalue weighted by Gasteiger charge is -2.11. The van der Waals surface area contributed by atoms with Crippen LogP contribution < -0.4 is 20.9 Å². The third kappa shape index (κ3) is 9.59. The highest BCUT2D eigenvalue weighted by molar-refractivity contribution is 7.13.